The second-order valence-electron chi connectivity index (χ2n) is 6.20. The van der Waals surface area contributed by atoms with E-state index in [2.05, 4.69) is 15.2 Å². The second-order valence-corrected chi connectivity index (χ2v) is 7.77. The van der Waals surface area contributed by atoms with Gasteiger partial charge in [0.15, 0.2) is 5.84 Å². The van der Waals surface area contributed by atoms with Crippen molar-refractivity contribution >= 4 is 27.7 Å². The highest BCUT2D eigenvalue weighted by Crippen LogP contribution is 2.26. The first-order valence-electron chi connectivity index (χ1n) is 8.79. The zero-order valence-electron chi connectivity index (χ0n) is 15.9. The molecule has 0 radical (unpaired) electrons. The average Bonchev–Trinajstić information content (AvgIpc) is 2.98. The van der Waals surface area contributed by atoms with Crippen molar-refractivity contribution in [2.75, 3.05) is 20.2 Å². The van der Waals surface area contributed by atoms with E-state index in [1.165, 1.54) is 11.0 Å². The number of hydrogen-bond acceptors (Lipinski definition) is 6. The Morgan fingerprint density at radius 3 is 2.45 bits per heavy atom. The molecular weight excluding hydrogens is 396 g/mol. The van der Waals surface area contributed by atoms with Gasteiger partial charge in [0.1, 0.15) is 10.6 Å². The normalized spacial score (nSPS) is 13.8. The zero-order chi connectivity index (χ0) is 21.0. The van der Waals surface area contributed by atoms with Crippen LogP contribution in [0.5, 0.6) is 5.75 Å². The van der Waals surface area contributed by atoms with Crippen molar-refractivity contribution in [1.29, 1.82) is 0 Å². The fraction of sp³-hybridized carbons (Fsp3) is 0.211. The first-order chi connectivity index (χ1) is 13.8. The minimum Gasteiger partial charge on any atom is -0.494 e. The molecule has 9 nitrogen and oxygen atoms in total. The van der Waals surface area contributed by atoms with Gasteiger partial charge in [0.25, 0.3) is 21.8 Å². The third-order valence-electron chi connectivity index (χ3n) is 4.10. The maximum atomic E-state index is 12.2. The van der Waals surface area contributed by atoms with Crippen LogP contribution in [0.15, 0.2) is 57.8 Å². The van der Waals surface area contributed by atoms with Gasteiger partial charge in [-0.3, -0.25) is 20.4 Å². The lowest BCUT2D eigenvalue weighted by molar-refractivity contribution is -0.122. The Morgan fingerprint density at radius 2 is 1.76 bits per heavy atom. The molecule has 0 atom stereocenters. The maximum absolute atomic E-state index is 12.2. The Kier molecular flexibility index (Phi) is 5.83. The maximum Gasteiger partial charge on any atom is 0.285 e. The fourth-order valence-corrected chi connectivity index (χ4v) is 4.01. The summed E-state index contributed by atoms with van der Waals surface area (Å²) in [5, 5.41) is 0. The molecule has 2 N–H and O–H groups in total. The van der Waals surface area contributed by atoms with Crippen LogP contribution in [-0.2, 0) is 14.8 Å². The topological polar surface area (TPSA) is 117 Å². The molecule has 1 aliphatic rings. The molecule has 2 aromatic carbocycles. The Bertz CT molecular complexity index is 1060. The molecule has 0 fully saturated rings. The molecule has 2 amide bonds. The number of amidine groups is 1. The van der Waals surface area contributed by atoms with Crippen molar-refractivity contribution in [2.24, 2.45) is 4.40 Å². The lowest BCUT2D eigenvalue weighted by atomic mass is 10.2. The lowest BCUT2D eigenvalue weighted by Gasteiger charge is -2.18. The molecule has 0 aromatic heterocycles. The molecule has 10 heteroatoms. The van der Waals surface area contributed by atoms with Crippen molar-refractivity contribution < 1.29 is 22.7 Å². The third kappa shape index (κ3) is 4.54. The highest BCUT2D eigenvalue weighted by atomic mass is 32.2. The largest absolute Gasteiger partial charge is 0.494 e. The number of likely N-dealkylation sites (N-methyl/N-ethyl adjacent to an activating group) is 1. The van der Waals surface area contributed by atoms with E-state index in [-0.39, 0.29) is 17.3 Å². The van der Waals surface area contributed by atoms with Crippen LogP contribution >= 0.6 is 0 Å². The standard InChI is InChI=1S/C19H20N4O5S/c1-3-28-14-10-8-13(9-11-14)19(25)21-20-17(24)12-23(2)18-15-6-4-5-7-16(15)29(26,27)22-18/h4-11H,3,12H2,1-2H3,(H,20,24)(H,21,25). The van der Waals surface area contributed by atoms with Crippen LogP contribution in [0.2, 0.25) is 0 Å². The third-order valence-corrected chi connectivity index (χ3v) is 5.42. The number of fused-ring (bicyclic) bond motifs is 1. The first-order valence-corrected chi connectivity index (χ1v) is 10.2. The zero-order valence-corrected chi connectivity index (χ0v) is 16.7. The summed E-state index contributed by atoms with van der Waals surface area (Å²) in [4.78, 5) is 25.8. The number of ether oxygens (including phenoxy) is 1. The highest BCUT2D eigenvalue weighted by Gasteiger charge is 2.30. The molecule has 0 spiro atoms. The van der Waals surface area contributed by atoms with E-state index < -0.39 is 21.8 Å². The fourth-order valence-electron chi connectivity index (χ4n) is 2.76. The number of nitrogens with one attached hydrogen (secondary N) is 2. The van der Waals surface area contributed by atoms with Crippen molar-refractivity contribution in [2.45, 2.75) is 11.8 Å². The minimum absolute atomic E-state index is 0.103. The van der Waals surface area contributed by atoms with E-state index in [4.69, 9.17) is 4.74 Å². The Balaban J connectivity index is 1.58. The number of benzene rings is 2. The summed E-state index contributed by atoms with van der Waals surface area (Å²) in [6.07, 6.45) is 0. The molecule has 0 unspecified atom stereocenters. The Morgan fingerprint density at radius 1 is 1.07 bits per heavy atom. The smallest absolute Gasteiger partial charge is 0.285 e. The predicted molar refractivity (Wildman–Crippen MR) is 106 cm³/mol. The molecule has 29 heavy (non-hydrogen) atoms. The molecule has 0 saturated heterocycles. The molecule has 0 saturated carbocycles. The van der Waals surface area contributed by atoms with E-state index in [1.54, 1.807) is 49.5 Å². The molecule has 1 aliphatic heterocycles. The SMILES string of the molecule is CCOc1ccc(C(=O)NNC(=O)CN(C)C2=NS(=O)(=O)c3ccccc32)cc1. The van der Waals surface area contributed by atoms with Gasteiger partial charge in [-0.15, -0.1) is 4.40 Å². The molecule has 0 bridgehead atoms. The number of nitrogens with zero attached hydrogens (tertiary/aromatic N) is 2. The number of amides is 2. The molecule has 0 aliphatic carbocycles. The highest BCUT2D eigenvalue weighted by molar-refractivity contribution is 7.90. The van der Waals surface area contributed by atoms with Gasteiger partial charge < -0.3 is 9.64 Å². The van der Waals surface area contributed by atoms with Crippen molar-refractivity contribution in [3.05, 3.63) is 59.7 Å². The summed E-state index contributed by atoms with van der Waals surface area (Å²) < 4.78 is 33.3. The molecule has 152 valence electrons. The molecule has 1 heterocycles. The van der Waals surface area contributed by atoms with E-state index in [1.807, 2.05) is 6.92 Å². The molecule has 3 rings (SSSR count). The summed E-state index contributed by atoms with van der Waals surface area (Å²) in [5.74, 6) is -0.206. The number of rotatable bonds is 5. The van der Waals surface area contributed by atoms with Crippen LogP contribution in [0.4, 0.5) is 0 Å². The molecule has 2 aromatic rings. The number of carbonyl (C=O) groups is 2. The Labute approximate surface area is 168 Å². The summed E-state index contributed by atoms with van der Waals surface area (Å²) in [6.45, 7) is 2.18. The van der Waals surface area contributed by atoms with Crippen LogP contribution in [0.3, 0.4) is 0 Å². The van der Waals surface area contributed by atoms with Crippen LogP contribution < -0.4 is 15.6 Å². The van der Waals surface area contributed by atoms with Crippen LogP contribution in [0.1, 0.15) is 22.8 Å². The van der Waals surface area contributed by atoms with Crippen molar-refractivity contribution in [3.8, 4) is 5.75 Å². The van der Waals surface area contributed by atoms with Crippen LogP contribution in [-0.4, -0.2) is 51.2 Å². The van der Waals surface area contributed by atoms with Gasteiger partial charge in [-0.05, 0) is 43.3 Å². The first kappa shape index (κ1) is 20.3. The second kappa shape index (κ2) is 8.31. The van der Waals surface area contributed by atoms with Gasteiger partial charge in [0, 0.05) is 18.2 Å². The van der Waals surface area contributed by atoms with Gasteiger partial charge in [0.2, 0.25) is 0 Å². The summed E-state index contributed by atoms with van der Waals surface area (Å²) in [6, 6.07) is 12.9. The molecular formula is C19H20N4O5S. The van der Waals surface area contributed by atoms with Gasteiger partial charge in [-0.1, -0.05) is 12.1 Å². The Hall–Kier alpha value is -3.40. The summed E-state index contributed by atoms with van der Waals surface area (Å²) in [5.41, 5.74) is 5.40. The number of sulfonamides is 1. The van der Waals surface area contributed by atoms with Gasteiger partial charge in [-0.2, -0.15) is 8.42 Å². The minimum atomic E-state index is -3.77. The van der Waals surface area contributed by atoms with Gasteiger partial charge >= 0.3 is 0 Å². The lowest BCUT2D eigenvalue weighted by Crippen LogP contribution is -2.46. The number of hydrogen-bond donors (Lipinski definition) is 2. The van der Waals surface area contributed by atoms with E-state index in [0.29, 0.717) is 23.5 Å². The van der Waals surface area contributed by atoms with E-state index in [0.717, 1.165) is 0 Å². The van der Waals surface area contributed by atoms with Crippen molar-refractivity contribution in [3.63, 3.8) is 0 Å². The van der Waals surface area contributed by atoms with Crippen LogP contribution in [0.25, 0.3) is 0 Å². The van der Waals surface area contributed by atoms with Crippen LogP contribution in [0, 0.1) is 0 Å². The van der Waals surface area contributed by atoms with Gasteiger partial charge in [-0.25, -0.2) is 0 Å². The van der Waals surface area contributed by atoms with Gasteiger partial charge in [0.05, 0.1) is 13.2 Å². The predicted octanol–water partition coefficient (Wildman–Crippen LogP) is 0.927. The monoisotopic (exact) mass is 416 g/mol. The summed E-state index contributed by atoms with van der Waals surface area (Å²) >= 11 is 0. The number of hydrazine groups is 1. The van der Waals surface area contributed by atoms with Crippen molar-refractivity contribution in [1.82, 2.24) is 15.8 Å². The number of carbonyl (C=O) groups excluding carboxylic acids is 2. The average molecular weight is 416 g/mol. The summed E-state index contributed by atoms with van der Waals surface area (Å²) in [7, 11) is -2.22. The quantitative estimate of drug-likeness (QED) is 0.700. The van der Waals surface area contributed by atoms with E-state index in [9.17, 15) is 18.0 Å². The van der Waals surface area contributed by atoms with E-state index >= 15 is 0 Å².